The summed E-state index contributed by atoms with van der Waals surface area (Å²) in [6.45, 7) is 5.23. The summed E-state index contributed by atoms with van der Waals surface area (Å²) in [6.07, 6.45) is 0.906. The van der Waals surface area contributed by atoms with Crippen LogP contribution in [-0.4, -0.2) is 39.2 Å². The Morgan fingerprint density at radius 1 is 0.967 bits per heavy atom. The number of hydrogen-bond acceptors (Lipinski definition) is 4. The molecule has 0 aliphatic carbocycles. The largest absolute Gasteiger partial charge is 0.493 e. The summed E-state index contributed by atoms with van der Waals surface area (Å²) in [4.78, 5) is 16.4. The Hall–Kier alpha value is -3.22. The Morgan fingerprint density at radius 2 is 1.57 bits per heavy atom. The highest BCUT2D eigenvalue weighted by molar-refractivity contribution is 5.94. The number of nitrogens with one attached hydrogen (secondary N) is 3. The zero-order valence-corrected chi connectivity index (χ0v) is 18.4. The SMILES string of the molecule is CCC(C)NC(=O)c1ccc(CNC(=NC)NCc2ccc(OC)c(OC)c2)cc1. The molecule has 2 aromatic carbocycles. The molecule has 0 heterocycles. The molecule has 1 unspecified atom stereocenters. The first-order chi connectivity index (χ1) is 14.5. The molecule has 3 N–H and O–H groups in total. The van der Waals surface area contributed by atoms with Crippen LogP contribution >= 0.6 is 0 Å². The summed E-state index contributed by atoms with van der Waals surface area (Å²) in [7, 11) is 4.97. The lowest BCUT2D eigenvalue weighted by atomic mass is 10.1. The first-order valence-electron chi connectivity index (χ1n) is 10.1. The standard InChI is InChI=1S/C23H32N4O3/c1-6-16(2)27-22(28)19-10-7-17(8-11-19)14-25-23(24-3)26-15-18-9-12-20(29-4)21(13-18)30-5/h7-13,16H,6,14-15H2,1-5H3,(H,27,28)(H2,24,25,26). The number of aliphatic imine (C=N–C) groups is 1. The zero-order valence-electron chi connectivity index (χ0n) is 18.4. The Kier molecular flexibility index (Phi) is 9.00. The average molecular weight is 413 g/mol. The lowest BCUT2D eigenvalue weighted by Crippen LogP contribution is -2.36. The minimum atomic E-state index is -0.0451. The van der Waals surface area contributed by atoms with Crippen molar-refractivity contribution in [1.29, 1.82) is 0 Å². The Balaban J connectivity index is 1.87. The van der Waals surface area contributed by atoms with Gasteiger partial charge in [0.2, 0.25) is 0 Å². The number of nitrogens with zero attached hydrogens (tertiary/aromatic N) is 1. The number of rotatable bonds is 9. The minimum absolute atomic E-state index is 0.0451. The van der Waals surface area contributed by atoms with Gasteiger partial charge in [-0.1, -0.05) is 25.1 Å². The number of carbonyl (C=O) groups excluding carboxylic acids is 1. The summed E-state index contributed by atoms with van der Waals surface area (Å²) in [5.41, 5.74) is 2.77. The van der Waals surface area contributed by atoms with Gasteiger partial charge in [0.1, 0.15) is 0 Å². The van der Waals surface area contributed by atoms with Crippen molar-refractivity contribution < 1.29 is 14.3 Å². The van der Waals surface area contributed by atoms with Crippen molar-refractivity contribution in [2.24, 2.45) is 4.99 Å². The summed E-state index contributed by atoms with van der Waals surface area (Å²) in [5, 5.41) is 9.53. The van der Waals surface area contributed by atoms with E-state index in [9.17, 15) is 4.79 Å². The number of ether oxygens (including phenoxy) is 2. The normalized spacial score (nSPS) is 12.1. The molecule has 0 spiro atoms. The average Bonchev–Trinajstić information content (AvgIpc) is 2.79. The van der Waals surface area contributed by atoms with Gasteiger partial charge in [-0.25, -0.2) is 0 Å². The number of amides is 1. The third-order valence-electron chi connectivity index (χ3n) is 4.80. The third kappa shape index (κ3) is 6.69. The van der Waals surface area contributed by atoms with Crippen LogP contribution in [0.2, 0.25) is 0 Å². The molecule has 0 aliphatic heterocycles. The molecule has 2 rings (SSSR count). The molecule has 0 fully saturated rings. The molecule has 1 amide bonds. The Morgan fingerprint density at radius 3 is 2.13 bits per heavy atom. The number of carbonyl (C=O) groups is 1. The lowest BCUT2D eigenvalue weighted by molar-refractivity contribution is 0.0939. The van der Waals surface area contributed by atoms with E-state index in [1.807, 2.05) is 56.3 Å². The molecule has 7 heteroatoms. The summed E-state index contributed by atoms with van der Waals surface area (Å²) < 4.78 is 10.6. The van der Waals surface area contributed by atoms with Crippen LogP contribution in [0, 0.1) is 0 Å². The maximum absolute atomic E-state index is 12.2. The van der Waals surface area contributed by atoms with Crippen molar-refractivity contribution in [2.45, 2.75) is 39.4 Å². The van der Waals surface area contributed by atoms with Crippen molar-refractivity contribution >= 4 is 11.9 Å². The first kappa shape index (κ1) is 23.1. The molecule has 0 saturated carbocycles. The maximum atomic E-state index is 12.2. The van der Waals surface area contributed by atoms with Gasteiger partial charge in [-0.3, -0.25) is 9.79 Å². The molecular weight excluding hydrogens is 380 g/mol. The van der Waals surface area contributed by atoms with Crippen LogP contribution in [0.1, 0.15) is 41.8 Å². The van der Waals surface area contributed by atoms with Gasteiger partial charge in [0.25, 0.3) is 5.91 Å². The van der Waals surface area contributed by atoms with E-state index in [1.54, 1.807) is 21.3 Å². The van der Waals surface area contributed by atoms with Crippen molar-refractivity contribution in [2.75, 3.05) is 21.3 Å². The Bertz CT molecular complexity index is 850. The smallest absolute Gasteiger partial charge is 0.251 e. The fourth-order valence-electron chi connectivity index (χ4n) is 2.77. The van der Waals surface area contributed by atoms with Crippen LogP contribution in [0.4, 0.5) is 0 Å². The van der Waals surface area contributed by atoms with Gasteiger partial charge in [0.05, 0.1) is 14.2 Å². The predicted molar refractivity (Wildman–Crippen MR) is 120 cm³/mol. The highest BCUT2D eigenvalue weighted by Gasteiger charge is 2.09. The number of hydrogen-bond donors (Lipinski definition) is 3. The third-order valence-corrected chi connectivity index (χ3v) is 4.80. The zero-order chi connectivity index (χ0) is 21.9. The van der Waals surface area contributed by atoms with Gasteiger partial charge in [-0.15, -0.1) is 0 Å². The van der Waals surface area contributed by atoms with Gasteiger partial charge in [-0.2, -0.15) is 0 Å². The molecule has 0 aromatic heterocycles. The summed E-state index contributed by atoms with van der Waals surface area (Å²) >= 11 is 0. The van der Waals surface area contributed by atoms with Crippen LogP contribution in [-0.2, 0) is 13.1 Å². The number of benzene rings is 2. The number of guanidine groups is 1. The second-order valence-electron chi connectivity index (χ2n) is 6.95. The van der Waals surface area contributed by atoms with Gasteiger partial charge in [-0.05, 0) is 48.7 Å². The highest BCUT2D eigenvalue weighted by Crippen LogP contribution is 2.27. The molecule has 30 heavy (non-hydrogen) atoms. The van der Waals surface area contributed by atoms with Crippen molar-refractivity contribution in [3.05, 3.63) is 59.2 Å². The molecule has 0 bridgehead atoms. The molecule has 162 valence electrons. The van der Waals surface area contributed by atoms with E-state index in [4.69, 9.17) is 9.47 Å². The quantitative estimate of drug-likeness (QED) is 0.435. The topological polar surface area (TPSA) is 84.0 Å². The highest BCUT2D eigenvalue weighted by atomic mass is 16.5. The maximum Gasteiger partial charge on any atom is 0.251 e. The molecular formula is C23H32N4O3. The van der Waals surface area contributed by atoms with E-state index >= 15 is 0 Å². The van der Waals surface area contributed by atoms with Gasteiger partial charge in [0, 0.05) is 31.7 Å². The van der Waals surface area contributed by atoms with E-state index in [-0.39, 0.29) is 11.9 Å². The van der Waals surface area contributed by atoms with Crippen molar-refractivity contribution in [3.8, 4) is 11.5 Å². The van der Waals surface area contributed by atoms with Crippen molar-refractivity contribution in [3.63, 3.8) is 0 Å². The fraction of sp³-hybridized carbons (Fsp3) is 0.391. The minimum Gasteiger partial charge on any atom is -0.493 e. The van der Waals surface area contributed by atoms with E-state index in [1.165, 1.54) is 0 Å². The van der Waals surface area contributed by atoms with E-state index in [0.29, 0.717) is 36.1 Å². The van der Waals surface area contributed by atoms with E-state index in [2.05, 4.69) is 20.9 Å². The predicted octanol–water partition coefficient (Wildman–Crippen LogP) is 3.10. The van der Waals surface area contributed by atoms with E-state index in [0.717, 1.165) is 17.5 Å². The number of methoxy groups -OCH3 is 2. The van der Waals surface area contributed by atoms with Crippen LogP contribution in [0.3, 0.4) is 0 Å². The molecule has 0 saturated heterocycles. The first-order valence-corrected chi connectivity index (χ1v) is 10.1. The second-order valence-corrected chi connectivity index (χ2v) is 6.95. The van der Waals surface area contributed by atoms with Gasteiger partial charge in [0.15, 0.2) is 17.5 Å². The van der Waals surface area contributed by atoms with Gasteiger partial charge >= 0.3 is 0 Å². The van der Waals surface area contributed by atoms with E-state index < -0.39 is 0 Å². The van der Waals surface area contributed by atoms with Crippen LogP contribution in [0.5, 0.6) is 11.5 Å². The molecule has 0 aliphatic rings. The van der Waals surface area contributed by atoms with Crippen LogP contribution < -0.4 is 25.4 Å². The molecule has 0 radical (unpaired) electrons. The molecule has 2 aromatic rings. The van der Waals surface area contributed by atoms with Crippen molar-refractivity contribution in [1.82, 2.24) is 16.0 Å². The second kappa shape index (κ2) is 11.7. The monoisotopic (exact) mass is 412 g/mol. The molecule has 7 nitrogen and oxygen atoms in total. The lowest BCUT2D eigenvalue weighted by Gasteiger charge is -2.14. The fourth-order valence-corrected chi connectivity index (χ4v) is 2.77. The van der Waals surface area contributed by atoms with Gasteiger partial charge < -0.3 is 25.4 Å². The van der Waals surface area contributed by atoms with Crippen LogP contribution in [0.25, 0.3) is 0 Å². The van der Waals surface area contributed by atoms with Crippen LogP contribution in [0.15, 0.2) is 47.5 Å². The Labute approximate surface area is 178 Å². The summed E-state index contributed by atoms with van der Waals surface area (Å²) in [5.74, 6) is 2.03. The molecule has 1 atom stereocenters. The summed E-state index contributed by atoms with van der Waals surface area (Å²) in [6, 6.07) is 13.5.